The third kappa shape index (κ3) is 36.3. The van der Waals surface area contributed by atoms with E-state index in [1.54, 1.807) is 0 Å². The summed E-state index contributed by atoms with van der Waals surface area (Å²) in [5.41, 5.74) is 0. The number of ether oxygens (including phenoxy) is 2. The molecule has 3 N–H and O–H groups in total. The number of carbonyl (C=O) groups excluding carboxylic acids is 2. The fourth-order valence-electron chi connectivity index (χ4n) is 5.05. The molecule has 10 nitrogen and oxygen atoms in total. The Morgan fingerprint density at radius 1 is 0.577 bits per heavy atom. The van der Waals surface area contributed by atoms with Crippen LogP contribution in [0.5, 0.6) is 0 Å². The van der Waals surface area contributed by atoms with E-state index in [9.17, 15) is 24.2 Å². The van der Waals surface area contributed by atoms with E-state index < -0.39 is 51.8 Å². The van der Waals surface area contributed by atoms with Crippen molar-refractivity contribution in [2.75, 3.05) is 26.4 Å². The van der Waals surface area contributed by atoms with E-state index in [1.165, 1.54) is 51.4 Å². The molecule has 302 valence electrons. The smallest absolute Gasteiger partial charge is 0.462 e. The summed E-state index contributed by atoms with van der Waals surface area (Å²) >= 11 is 0. The van der Waals surface area contributed by atoms with Crippen LogP contribution in [0.25, 0.3) is 0 Å². The second kappa shape index (κ2) is 37.3. The Morgan fingerprint density at radius 3 is 1.60 bits per heavy atom. The molecule has 3 atom stereocenters. The van der Waals surface area contributed by atoms with E-state index in [0.717, 1.165) is 70.6 Å². The normalized spacial score (nSPS) is 14.5. The number of rotatable bonds is 37. The maximum Gasteiger partial charge on any atom is 0.472 e. The quantitative estimate of drug-likeness (QED) is 0.0242. The molecule has 0 aliphatic carbocycles. The Labute approximate surface area is 315 Å². The molecule has 0 fully saturated rings. The van der Waals surface area contributed by atoms with Crippen molar-refractivity contribution in [2.45, 2.75) is 174 Å². The predicted molar refractivity (Wildman–Crippen MR) is 210 cm³/mol. The first-order valence-corrected chi connectivity index (χ1v) is 21.6. The summed E-state index contributed by atoms with van der Waals surface area (Å²) in [6.45, 7) is 2.27. The van der Waals surface area contributed by atoms with Gasteiger partial charge in [-0.2, -0.15) is 0 Å². The number of hydrogen-bond acceptors (Lipinski definition) is 9. The maximum atomic E-state index is 12.6. The molecule has 0 rings (SSSR count). The average molecular weight is 757 g/mol. The zero-order valence-electron chi connectivity index (χ0n) is 32.5. The zero-order valence-corrected chi connectivity index (χ0v) is 33.4. The summed E-state index contributed by atoms with van der Waals surface area (Å²) in [6, 6.07) is 0. The molecule has 0 saturated heterocycles. The summed E-state index contributed by atoms with van der Waals surface area (Å²) in [6.07, 6.45) is 37.9. The minimum atomic E-state index is -4.63. The lowest BCUT2D eigenvalue weighted by Gasteiger charge is -2.20. The van der Waals surface area contributed by atoms with Gasteiger partial charge in [-0.3, -0.25) is 18.6 Å². The molecular formula is C41H73O10P. The van der Waals surface area contributed by atoms with E-state index in [2.05, 4.69) is 67.0 Å². The minimum absolute atomic E-state index is 0.133. The van der Waals surface area contributed by atoms with Crippen LogP contribution < -0.4 is 0 Å². The van der Waals surface area contributed by atoms with Crippen LogP contribution in [0.15, 0.2) is 48.6 Å². The molecule has 0 aliphatic rings. The lowest BCUT2D eigenvalue weighted by molar-refractivity contribution is -0.161. The van der Waals surface area contributed by atoms with E-state index in [0.29, 0.717) is 12.8 Å². The molecule has 0 aromatic heterocycles. The topological polar surface area (TPSA) is 149 Å². The van der Waals surface area contributed by atoms with Crippen LogP contribution in [-0.4, -0.2) is 65.7 Å². The lowest BCUT2D eigenvalue weighted by Crippen LogP contribution is -2.29. The molecule has 11 heteroatoms. The second-order valence-electron chi connectivity index (χ2n) is 13.3. The Hall–Kier alpha value is -2.07. The Kier molecular flexibility index (Phi) is 35.8. The van der Waals surface area contributed by atoms with Gasteiger partial charge in [-0.15, -0.1) is 0 Å². The van der Waals surface area contributed by atoms with Gasteiger partial charge < -0.3 is 24.6 Å². The number of unbranched alkanes of at least 4 members (excludes halogenated alkanes) is 15. The van der Waals surface area contributed by atoms with Crippen LogP contribution in [0.2, 0.25) is 0 Å². The number of carbonyl (C=O) groups is 2. The average Bonchev–Trinajstić information content (AvgIpc) is 3.13. The third-order valence-corrected chi connectivity index (χ3v) is 9.16. The van der Waals surface area contributed by atoms with Crippen molar-refractivity contribution in [3.63, 3.8) is 0 Å². The predicted octanol–water partition coefficient (Wildman–Crippen LogP) is 10.2. The van der Waals surface area contributed by atoms with Gasteiger partial charge in [0.1, 0.15) is 12.7 Å². The molecule has 0 aromatic carbocycles. The van der Waals surface area contributed by atoms with Gasteiger partial charge in [0.05, 0.1) is 19.8 Å². The first kappa shape index (κ1) is 49.9. The van der Waals surface area contributed by atoms with E-state index in [1.807, 2.05) is 0 Å². The van der Waals surface area contributed by atoms with E-state index >= 15 is 0 Å². The van der Waals surface area contributed by atoms with E-state index in [4.69, 9.17) is 19.1 Å². The standard InChI is InChI=1S/C41H73O10P/c1-3-5-7-9-11-13-15-17-19-21-23-25-27-29-31-33-41(45)51-39(37-50-52(46,47)49-35-38(43)34-42)36-48-40(44)32-30-28-26-24-22-20-18-16-14-12-10-8-6-4-2/h11,13,16-19,23,25,38-39,42-43H,3-10,12,14-15,20-22,24,26-37H2,1-2H3,(H,46,47)/b13-11-,18-16-,19-17-,25-23-/t38-,39+/m0/s1. The highest BCUT2D eigenvalue weighted by Gasteiger charge is 2.27. The molecule has 0 radical (unpaired) electrons. The van der Waals surface area contributed by atoms with Gasteiger partial charge in [-0.05, 0) is 77.0 Å². The molecule has 0 heterocycles. The van der Waals surface area contributed by atoms with Gasteiger partial charge in [-0.25, -0.2) is 4.57 Å². The van der Waals surface area contributed by atoms with Crippen molar-refractivity contribution in [3.8, 4) is 0 Å². The molecule has 1 unspecified atom stereocenters. The first-order chi connectivity index (χ1) is 25.2. The number of phosphoric ester groups is 1. The van der Waals surface area contributed by atoms with Crippen molar-refractivity contribution in [3.05, 3.63) is 48.6 Å². The van der Waals surface area contributed by atoms with Crippen LogP contribution in [-0.2, 0) is 32.7 Å². The molecule has 0 aromatic rings. The molecular weight excluding hydrogens is 683 g/mol. The fraction of sp³-hybridized carbons (Fsp3) is 0.756. The largest absolute Gasteiger partial charge is 0.472 e. The molecule has 0 aliphatic heterocycles. The van der Waals surface area contributed by atoms with Gasteiger partial charge in [0.15, 0.2) is 6.10 Å². The fourth-order valence-corrected chi connectivity index (χ4v) is 5.84. The van der Waals surface area contributed by atoms with Crippen LogP contribution in [0.4, 0.5) is 0 Å². The summed E-state index contributed by atoms with van der Waals surface area (Å²) in [7, 11) is -4.63. The molecule has 0 bridgehead atoms. The van der Waals surface area contributed by atoms with Gasteiger partial charge >= 0.3 is 19.8 Å². The van der Waals surface area contributed by atoms with Crippen molar-refractivity contribution >= 4 is 19.8 Å². The molecule has 0 saturated carbocycles. The number of hydrogen-bond donors (Lipinski definition) is 3. The highest BCUT2D eigenvalue weighted by molar-refractivity contribution is 7.47. The third-order valence-electron chi connectivity index (χ3n) is 8.21. The van der Waals surface area contributed by atoms with Crippen molar-refractivity contribution in [1.29, 1.82) is 0 Å². The van der Waals surface area contributed by atoms with Crippen molar-refractivity contribution in [2.24, 2.45) is 0 Å². The number of esters is 2. The van der Waals surface area contributed by atoms with Crippen molar-refractivity contribution < 1.29 is 47.8 Å². The number of allylic oxidation sites excluding steroid dienone is 8. The van der Waals surface area contributed by atoms with Crippen LogP contribution in [0.3, 0.4) is 0 Å². The minimum Gasteiger partial charge on any atom is -0.462 e. The highest BCUT2D eigenvalue weighted by Crippen LogP contribution is 2.43. The van der Waals surface area contributed by atoms with Crippen LogP contribution >= 0.6 is 7.82 Å². The van der Waals surface area contributed by atoms with Gasteiger partial charge in [0.2, 0.25) is 0 Å². The van der Waals surface area contributed by atoms with Gasteiger partial charge in [-0.1, -0.05) is 120 Å². The Balaban J connectivity index is 4.44. The summed E-state index contributed by atoms with van der Waals surface area (Å²) in [4.78, 5) is 34.9. The highest BCUT2D eigenvalue weighted by atomic mass is 31.2. The molecule has 52 heavy (non-hydrogen) atoms. The lowest BCUT2D eigenvalue weighted by atomic mass is 10.1. The van der Waals surface area contributed by atoms with Gasteiger partial charge in [0.25, 0.3) is 0 Å². The number of aliphatic hydroxyl groups is 2. The summed E-state index contributed by atoms with van der Waals surface area (Å²) in [5.74, 6) is -0.983. The SMILES string of the molecule is CCCCC/C=C\C/C=C\C/C=C\CCCCC(=O)O[C@H](COC(=O)CCCCCCC/C=C\CCCCCCC)COP(=O)(O)OC[C@@H](O)CO. The Bertz CT molecular complexity index is 1010. The summed E-state index contributed by atoms with van der Waals surface area (Å²) < 4.78 is 32.6. The second-order valence-corrected chi connectivity index (χ2v) is 14.8. The van der Waals surface area contributed by atoms with E-state index in [-0.39, 0.29) is 19.4 Å². The van der Waals surface area contributed by atoms with Crippen LogP contribution in [0.1, 0.15) is 162 Å². The molecule has 0 spiro atoms. The van der Waals surface area contributed by atoms with Gasteiger partial charge in [0, 0.05) is 12.8 Å². The maximum absolute atomic E-state index is 12.6. The monoisotopic (exact) mass is 756 g/mol. The molecule has 0 amide bonds. The summed E-state index contributed by atoms with van der Waals surface area (Å²) in [5, 5.41) is 18.3. The number of phosphoric acid groups is 1. The van der Waals surface area contributed by atoms with Crippen molar-refractivity contribution in [1.82, 2.24) is 0 Å². The van der Waals surface area contributed by atoms with Crippen LogP contribution in [0, 0.1) is 0 Å². The first-order valence-electron chi connectivity index (χ1n) is 20.1. The zero-order chi connectivity index (χ0) is 38.4. The Morgan fingerprint density at radius 2 is 1.00 bits per heavy atom. The number of aliphatic hydroxyl groups excluding tert-OH is 2.